The molecule has 0 N–H and O–H groups in total. The SMILES string of the molecule is CCOc1ccccc1OC1CCN(C(=O)C2Cc3ccccc3CN2C(=O)c2ccco2)CC1. The van der Waals surface area contributed by atoms with Crippen molar-refractivity contribution in [3.05, 3.63) is 83.8 Å². The normalized spacial score (nSPS) is 18.1. The third-order valence-electron chi connectivity index (χ3n) is 6.72. The van der Waals surface area contributed by atoms with Crippen LogP contribution in [0.4, 0.5) is 0 Å². The first-order chi connectivity index (χ1) is 17.1. The van der Waals surface area contributed by atoms with Crippen LogP contribution < -0.4 is 9.47 Å². The van der Waals surface area contributed by atoms with E-state index < -0.39 is 6.04 Å². The fourth-order valence-corrected chi connectivity index (χ4v) is 4.91. The van der Waals surface area contributed by atoms with Gasteiger partial charge in [-0.25, -0.2) is 0 Å². The summed E-state index contributed by atoms with van der Waals surface area (Å²) >= 11 is 0. The number of hydrogen-bond donors (Lipinski definition) is 0. The Kier molecular flexibility index (Phi) is 6.75. The average molecular weight is 475 g/mol. The first kappa shape index (κ1) is 23.0. The number of rotatable bonds is 6. The average Bonchev–Trinajstić information content (AvgIpc) is 3.44. The van der Waals surface area contributed by atoms with Gasteiger partial charge in [-0.15, -0.1) is 0 Å². The molecular formula is C28H30N2O5. The highest BCUT2D eigenvalue weighted by Crippen LogP contribution is 2.31. The maximum atomic E-state index is 13.7. The van der Waals surface area contributed by atoms with E-state index in [4.69, 9.17) is 13.9 Å². The molecule has 3 heterocycles. The van der Waals surface area contributed by atoms with Gasteiger partial charge >= 0.3 is 0 Å². The highest BCUT2D eigenvalue weighted by atomic mass is 16.5. The summed E-state index contributed by atoms with van der Waals surface area (Å²) < 4.78 is 17.3. The summed E-state index contributed by atoms with van der Waals surface area (Å²) in [4.78, 5) is 30.5. The highest BCUT2D eigenvalue weighted by Gasteiger charge is 2.39. The molecule has 1 aromatic heterocycles. The molecule has 2 aliphatic heterocycles. The maximum absolute atomic E-state index is 13.7. The van der Waals surface area contributed by atoms with Crippen molar-refractivity contribution >= 4 is 11.8 Å². The lowest BCUT2D eigenvalue weighted by Crippen LogP contribution is -2.55. The lowest BCUT2D eigenvalue weighted by Gasteiger charge is -2.40. The van der Waals surface area contributed by atoms with E-state index in [1.807, 2.05) is 60.4 Å². The minimum absolute atomic E-state index is 0.00796. The van der Waals surface area contributed by atoms with Gasteiger partial charge < -0.3 is 23.7 Å². The zero-order valence-electron chi connectivity index (χ0n) is 19.9. The molecule has 0 aliphatic carbocycles. The minimum atomic E-state index is -0.557. The number of carbonyl (C=O) groups excluding carboxylic acids is 2. The number of para-hydroxylation sites is 2. The van der Waals surface area contributed by atoms with E-state index in [0.29, 0.717) is 32.7 Å². The van der Waals surface area contributed by atoms with Crippen molar-refractivity contribution in [1.82, 2.24) is 9.80 Å². The van der Waals surface area contributed by atoms with Crippen LogP contribution in [0.3, 0.4) is 0 Å². The Hall–Kier alpha value is -3.74. The molecule has 35 heavy (non-hydrogen) atoms. The van der Waals surface area contributed by atoms with Crippen molar-refractivity contribution in [2.45, 2.75) is 44.9 Å². The van der Waals surface area contributed by atoms with Gasteiger partial charge in [0.1, 0.15) is 12.1 Å². The standard InChI is InChI=1S/C28H30N2O5/c1-2-33-24-10-5-6-11-25(24)35-22-13-15-29(16-14-22)27(31)23-18-20-8-3-4-9-21(20)19-30(23)28(32)26-12-7-17-34-26/h3-12,17,22-23H,2,13-16,18-19H2,1H3. The number of likely N-dealkylation sites (tertiary alicyclic amines) is 1. The first-order valence-corrected chi connectivity index (χ1v) is 12.2. The molecule has 0 saturated carbocycles. The summed E-state index contributed by atoms with van der Waals surface area (Å²) in [5.41, 5.74) is 2.18. The molecule has 5 rings (SSSR count). The van der Waals surface area contributed by atoms with Crippen LogP contribution in [0.5, 0.6) is 11.5 Å². The fourth-order valence-electron chi connectivity index (χ4n) is 4.91. The van der Waals surface area contributed by atoms with Gasteiger partial charge in [0.25, 0.3) is 5.91 Å². The topological polar surface area (TPSA) is 72.2 Å². The van der Waals surface area contributed by atoms with Gasteiger partial charge in [-0.05, 0) is 42.3 Å². The molecule has 1 fully saturated rings. The quantitative estimate of drug-likeness (QED) is 0.532. The summed E-state index contributed by atoms with van der Waals surface area (Å²) in [5, 5.41) is 0. The minimum Gasteiger partial charge on any atom is -0.490 e. The van der Waals surface area contributed by atoms with Crippen molar-refractivity contribution in [2.24, 2.45) is 0 Å². The second-order valence-corrected chi connectivity index (χ2v) is 8.92. The van der Waals surface area contributed by atoms with Crippen LogP contribution >= 0.6 is 0 Å². The number of hydrogen-bond acceptors (Lipinski definition) is 5. The van der Waals surface area contributed by atoms with E-state index >= 15 is 0 Å². The Morgan fingerprint density at radius 1 is 0.943 bits per heavy atom. The van der Waals surface area contributed by atoms with Crippen LogP contribution in [0.25, 0.3) is 0 Å². The molecule has 3 aromatic rings. The lowest BCUT2D eigenvalue weighted by atomic mass is 9.92. The van der Waals surface area contributed by atoms with E-state index in [2.05, 4.69) is 0 Å². The molecule has 1 atom stereocenters. The number of fused-ring (bicyclic) bond motifs is 1. The number of carbonyl (C=O) groups is 2. The third-order valence-corrected chi connectivity index (χ3v) is 6.72. The lowest BCUT2D eigenvalue weighted by molar-refractivity contribution is -0.138. The van der Waals surface area contributed by atoms with Crippen molar-refractivity contribution in [3.8, 4) is 11.5 Å². The Labute approximate surface area is 205 Å². The molecule has 0 bridgehead atoms. The van der Waals surface area contributed by atoms with Gasteiger partial charge in [0.15, 0.2) is 17.3 Å². The Bertz CT molecular complexity index is 1170. The number of benzene rings is 2. The van der Waals surface area contributed by atoms with Gasteiger partial charge in [-0.1, -0.05) is 36.4 Å². The monoisotopic (exact) mass is 474 g/mol. The Balaban J connectivity index is 1.28. The van der Waals surface area contributed by atoms with E-state index in [1.165, 1.54) is 6.26 Å². The van der Waals surface area contributed by atoms with Crippen LogP contribution in [0.2, 0.25) is 0 Å². The molecule has 7 heteroatoms. The van der Waals surface area contributed by atoms with E-state index in [-0.39, 0.29) is 23.7 Å². The van der Waals surface area contributed by atoms with Gasteiger partial charge in [0, 0.05) is 38.9 Å². The second kappa shape index (κ2) is 10.3. The van der Waals surface area contributed by atoms with Crippen molar-refractivity contribution in [2.75, 3.05) is 19.7 Å². The van der Waals surface area contributed by atoms with Gasteiger partial charge in [0.05, 0.1) is 12.9 Å². The zero-order chi connectivity index (χ0) is 24.2. The summed E-state index contributed by atoms with van der Waals surface area (Å²) in [6.45, 7) is 4.08. The molecule has 0 radical (unpaired) electrons. The second-order valence-electron chi connectivity index (χ2n) is 8.92. The molecule has 182 valence electrons. The largest absolute Gasteiger partial charge is 0.490 e. The molecule has 1 saturated heterocycles. The number of ether oxygens (including phenoxy) is 2. The Morgan fingerprint density at radius 3 is 2.37 bits per heavy atom. The van der Waals surface area contributed by atoms with Crippen LogP contribution in [0.1, 0.15) is 41.4 Å². The summed E-state index contributed by atoms with van der Waals surface area (Å²) in [5.74, 6) is 1.45. The molecule has 0 spiro atoms. The van der Waals surface area contributed by atoms with E-state index in [1.54, 1.807) is 17.0 Å². The maximum Gasteiger partial charge on any atom is 0.290 e. The predicted molar refractivity (Wildman–Crippen MR) is 130 cm³/mol. The summed E-state index contributed by atoms with van der Waals surface area (Å²) in [6, 6.07) is 18.5. The van der Waals surface area contributed by atoms with E-state index in [0.717, 1.165) is 35.5 Å². The highest BCUT2D eigenvalue weighted by molar-refractivity contribution is 5.96. The first-order valence-electron chi connectivity index (χ1n) is 12.2. The number of piperidine rings is 1. The molecular weight excluding hydrogens is 444 g/mol. The van der Waals surface area contributed by atoms with Crippen molar-refractivity contribution in [3.63, 3.8) is 0 Å². The van der Waals surface area contributed by atoms with Crippen LogP contribution in [-0.2, 0) is 17.8 Å². The van der Waals surface area contributed by atoms with Gasteiger partial charge in [-0.2, -0.15) is 0 Å². The van der Waals surface area contributed by atoms with Crippen molar-refractivity contribution in [1.29, 1.82) is 0 Å². The van der Waals surface area contributed by atoms with Gasteiger partial charge in [-0.3, -0.25) is 9.59 Å². The van der Waals surface area contributed by atoms with Gasteiger partial charge in [0.2, 0.25) is 5.91 Å². The number of amides is 2. The third kappa shape index (κ3) is 4.90. The molecule has 2 amide bonds. The van der Waals surface area contributed by atoms with Crippen LogP contribution in [-0.4, -0.2) is 53.5 Å². The summed E-state index contributed by atoms with van der Waals surface area (Å²) in [6.07, 6.45) is 3.44. The van der Waals surface area contributed by atoms with E-state index in [9.17, 15) is 9.59 Å². The fraction of sp³-hybridized carbons (Fsp3) is 0.357. The zero-order valence-corrected chi connectivity index (χ0v) is 19.9. The number of nitrogens with zero attached hydrogens (tertiary/aromatic N) is 2. The van der Waals surface area contributed by atoms with Crippen LogP contribution in [0, 0.1) is 0 Å². The molecule has 7 nitrogen and oxygen atoms in total. The number of furan rings is 1. The van der Waals surface area contributed by atoms with Crippen LogP contribution in [0.15, 0.2) is 71.3 Å². The smallest absolute Gasteiger partial charge is 0.290 e. The molecule has 2 aliphatic rings. The summed E-state index contributed by atoms with van der Waals surface area (Å²) in [7, 11) is 0. The Morgan fingerprint density at radius 2 is 1.66 bits per heavy atom. The predicted octanol–water partition coefficient (Wildman–Crippen LogP) is 4.32. The van der Waals surface area contributed by atoms with Crippen molar-refractivity contribution < 1.29 is 23.5 Å². The molecule has 1 unspecified atom stereocenters. The molecule has 2 aromatic carbocycles.